The van der Waals surface area contributed by atoms with E-state index < -0.39 is 6.10 Å². The van der Waals surface area contributed by atoms with Gasteiger partial charge in [0.25, 0.3) is 11.8 Å². The number of hydrogen-bond acceptors (Lipinski definition) is 4. The third-order valence-corrected chi connectivity index (χ3v) is 5.14. The first-order chi connectivity index (χ1) is 13.0. The van der Waals surface area contributed by atoms with Crippen molar-refractivity contribution in [2.45, 2.75) is 19.1 Å². The maximum Gasteiger partial charge on any atom is 0.265 e. The van der Waals surface area contributed by atoms with E-state index in [0.717, 1.165) is 5.56 Å². The standard InChI is InChI=1S/C20H20ClN3O3/c1-12-19(25)23-16-7-3-6-15(18(16)27-12)20(26)24-9-8-22-11-17(24)13-4-2-5-14(21)10-13/h2-7,10,12,17,22H,8-9,11H2,1H3,(H,23,25). The van der Waals surface area contributed by atoms with Crippen molar-refractivity contribution in [1.29, 1.82) is 0 Å². The van der Waals surface area contributed by atoms with Gasteiger partial charge in [0.15, 0.2) is 11.9 Å². The molecule has 2 aliphatic heterocycles. The van der Waals surface area contributed by atoms with E-state index >= 15 is 0 Å². The molecule has 0 radical (unpaired) electrons. The number of benzene rings is 2. The highest BCUT2D eigenvalue weighted by Gasteiger charge is 2.33. The van der Waals surface area contributed by atoms with Crippen LogP contribution in [0.4, 0.5) is 5.69 Å². The second-order valence-electron chi connectivity index (χ2n) is 6.71. The van der Waals surface area contributed by atoms with Crippen LogP contribution in [0.25, 0.3) is 0 Å². The summed E-state index contributed by atoms with van der Waals surface area (Å²) in [5, 5.41) is 6.77. The summed E-state index contributed by atoms with van der Waals surface area (Å²) in [5.74, 6) is 0.0886. The van der Waals surface area contributed by atoms with Crippen LogP contribution in [-0.2, 0) is 4.79 Å². The molecular weight excluding hydrogens is 366 g/mol. The molecule has 0 aromatic heterocycles. The Balaban J connectivity index is 1.69. The van der Waals surface area contributed by atoms with Crippen molar-refractivity contribution in [3.63, 3.8) is 0 Å². The number of para-hydroxylation sites is 1. The molecule has 2 unspecified atom stereocenters. The van der Waals surface area contributed by atoms with E-state index in [1.165, 1.54) is 0 Å². The van der Waals surface area contributed by atoms with Gasteiger partial charge in [-0.15, -0.1) is 0 Å². The Morgan fingerprint density at radius 1 is 1.26 bits per heavy atom. The fourth-order valence-electron chi connectivity index (χ4n) is 3.51. The first-order valence-corrected chi connectivity index (χ1v) is 9.30. The van der Waals surface area contributed by atoms with Crippen LogP contribution in [0.3, 0.4) is 0 Å². The molecule has 2 aromatic carbocycles. The van der Waals surface area contributed by atoms with E-state index in [2.05, 4.69) is 10.6 Å². The zero-order valence-corrected chi connectivity index (χ0v) is 15.6. The maximum atomic E-state index is 13.4. The summed E-state index contributed by atoms with van der Waals surface area (Å²) in [6.07, 6.45) is -0.641. The van der Waals surface area contributed by atoms with Crippen molar-refractivity contribution in [3.05, 3.63) is 58.6 Å². The van der Waals surface area contributed by atoms with E-state index in [1.54, 1.807) is 25.1 Å². The molecule has 1 fully saturated rings. The number of ether oxygens (including phenoxy) is 1. The van der Waals surface area contributed by atoms with Gasteiger partial charge < -0.3 is 20.3 Å². The minimum atomic E-state index is -0.641. The van der Waals surface area contributed by atoms with E-state index in [0.29, 0.717) is 41.7 Å². The Bertz CT molecular complexity index is 902. The molecular formula is C20H20ClN3O3. The van der Waals surface area contributed by atoms with Crippen LogP contribution in [0.5, 0.6) is 5.75 Å². The topological polar surface area (TPSA) is 70.7 Å². The first-order valence-electron chi connectivity index (χ1n) is 8.92. The molecule has 4 rings (SSSR count). The lowest BCUT2D eigenvalue weighted by Crippen LogP contribution is -2.49. The quantitative estimate of drug-likeness (QED) is 0.834. The Hall–Kier alpha value is -2.57. The van der Waals surface area contributed by atoms with Gasteiger partial charge in [-0.1, -0.05) is 29.8 Å². The summed E-state index contributed by atoms with van der Waals surface area (Å²) >= 11 is 6.15. The predicted octanol–water partition coefficient (Wildman–Crippen LogP) is 2.85. The molecule has 0 bridgehead atoms. The number of anilines is 1. The van der Waals surface area contributed by atoms with Crippen molar-refractivity contribution in [2.24, 2.45) is 0 Å². The normalized spacial score (nSPS) is 21.9. The number of fused-ring (bicyclic) bond motifs is 1. The predicted molar refractivity (Wildman–Crippen MR) is 103 cm³/mol. The number of carbonyl (C=O) groups is 2. The first kappa shape index (κ1) is 17.8. The number of carbonyl (C=O) groups excluding carboxylic acids is 2. The van der Waals surface area contributed by atoms with Gasteiger partial charge in [0.1, 0.15) is 0 Å². The van der Waals surface area contributed by atoms with Gasteiger partial charge >= 0.3 is 0 Å². The van der Waals surface area contributed by atoms with Crippen molar-refractivity contribution in [3.8, 4) is 5.75 Å². The minimum absolute atomic E-state index is 0.123. The fourth-order valence-corrected chi connectivity index (χ4v) is 3.71. The molecule has 2 N–H and O–H groups in total. The minimum Gasteiger partial charge on any atom is -0.478 e. The largest absolute Gasteiger partial charge is 0.478 e. The average molecular weight is 386 g/mol. The zero-order valence-electron chi connectivity index (χ0n) is 14.9. The molecule has 6 nitrogen and oxygen atoms in total. The van der Waals surface area contributed by atoms with E-state index in [-0.39, 0.29) is 17.9 Å². The number of nitrogens with one attached hydrogen (secondary N) is 2. The molecule has 2 heterocycles. The molecule has 0 saturated carbocycles. The van der Waals surface area contributed by atoms with Crippen LogP contribution in [0.1, 0.15) is 28.9 Å². The van der Waals surface area contributed by atoms with Crippen LogP contribution >= 0.6 is 11.6 Å². The van der Waals surface area contributed by atoms with Crippen molar-refractivity contribution >= 4 is 29.1 Å². The second kappa shape index (κ2) is 7.21. The van der Waals surface area contributed by atoms with Gasteiger partial charge in [-0.05, 0) is 36.8 Å². The number of halogens is 1. The Morgan fingerprint density at radius 2 is 2.07 bits per heavy atom. The molecule has 2 aromatic rings. The van der Waals surface area contributed by atoms with Crippen molar-refractivity contribution in [2.75, 3.05) is 25.0 Å². The van der Waals surface area contributed by atoms with E-state index in [4.69, 9.17) is 16.3 Å². The molecule has 140 valence electrons. The monoisotopic (exact) mass is 385 g/mol. The van der Waals surface area contributed by atoms with E-state index in [1.807, 2.05) is 29.2 Å². The number of nitrogens with zero attached hydrogens (tertiary/aromatic N) is 1. The molecule has 0 spiro atoms. The molecule has 2 amide bonds. The lowest BCUT2D eigenvalue weighted by atomic mass is 10.0. The van der Waals surface area contributed by atoms with Gasteiger partial charge in [0.05, 0.1) is 17.3 Å². The zero-order chi connectivity index (χ0) is 19.0. The number of hydrogen-bond donors (Lipinski definition) is 2. The highest BCUT2D eigenvalue weighted by Crippen LogP contribution is 2.35. The van der Waals surface area contributed by atoms with Gasteiger partial charge in [0.2, 0.25) is 0 Å². The summed E-state index contributed by atoms with van der Waals surface area (Å²) in [4.78, 5) is 27.1. The molecule has 2 atom stereocenters. The van der Waals surface area contributed by atoms with Gasteiger partial charge in [-0.2, -0.15) is 0 Å². The SMILES string of the molecule is CC1Oc2c(cccc2C(=O)N2CCNCC2c2cccc(Cl)c2)NC1=O. The van der Waals surface area contributed by atoms with Crippen molar-refractivity contribution < 1.29 is 14.3 Å². The summed E-state index contributed by atoms with van der Waals surface area (Å²) in [6, 6.07) is 12.7. The number of amides is 2. The molecule has 1 saturated heterocycles. The van der Waals surface area contributed by atoms with Crippen LogP contribution in [-0.4, -0.2) is 42.5 Å². The van der Waals surface area contributed by atoms with Gasteiger partial charge in [-0.25, -0.2) is 0 Å². The summed E-state index contributed by atoms with van der Waals surface area (Å²) in [5.41, 5.74) is 1.96. The third-order valence-electron chi connectivity index (χ3n) is 4.90. The van der Waals surface area contributed by atoms with Crippen LogP contribution in [0, 0.1) is 0 Å². The molecule has 7 heteroatoms. The Kier molecular flexibility index (Phi) is 4.76. The fraction of sp³-hybridized carbons (Fsp3) is 0.300. The summed E-state index contributed by atoms with van der Waals surface area (Å²) < 4.78 is 5.75. The second-order valence-corrected chi connectivity index (χ2v) is 7.14. The highest BCUT2D eigenvalue weighted by atomic mass is 35.5. The molecule has 0 aliphatic carbocycles. The smallest absolute Gasteiger partial charge is 0.265 e. The van der Waals surface area contributed by atoms with Crippen molar-refractivity contribution in [1.82, 2.24) is 10.2 Å². The third kappa shape index (κ3) is 3.38. The van der Waals surface area contributed by atoms with Gasteiger partial charge in [0, 0.05) is 24.7 Å². The Labute approximate surface area is 162 Å². The average Bonchev–Trinajstić information content (AvgIpc) is 2.68. The molecule has 2 aliphatic rings. The number of piperazine rings is 1. The summed E-state index contributed by atoms with van der Waals surface area (Å²) in [7, 11) is 0. The maximum absolute atomic E-state index is 13.4. The van der Waals surface area contributed by atoms with E-state index in [9.17, 15) is 9.59 Å². The molecule has 27 heavy (non-hydrogen) atoms. The number of rotatable bonds is 2. The van der Waals surface area contributed by atoms with Crippen LogP contribution in [0.15, 0.2) is 42.5 Å². The lowest BCUT2D eigenvalue weighted by Gasteiger charge is -2.37. The van der Waals surface area contributed by atoms with Crippen LogP contribution < -0.4 is 15.4 Å². The Morgan fingerprint density at radius 3 is 2.89 bits per heavy atom. The van der Waals surface area contributed by atoms with Gasteiger partial charge in [-0.3, -0.25) is 9.59 Å². The summed E-state index contributed by atoms with van der Waals surface area (Å²) in [6.45, 7) is 3.60. The van der Waals surface area contributed by atoms with Crippen LogP contribution in [0.2, 0.25) is 5.02 Å². The highest BCUT2D eigenvalue weighted by molar-refractivity contribution is 6.30. The lowest BCUT2D eigenvalue weighted by molar-refractivity contribution is -0.122.